The van der Waals surface area contributed by atoms with Crippen LogP contribution < -0.4 is 9.72 Å². The number of halogens is 3. The summed E-state index contributed by atoms with van der Waals surface area (Å²) in [4.78, 5) is 4.85. The molecule has 0 amide bonds. The van der Waals surface area contributed by atoms with Gasteiger partial charge in [-0.3, -0.25) is 0 Å². The Hall–Kier alpha value is -1.20. The zero-order valence-electron chi connectivity index (χ0n) is 5.62. The molecule has 1 rings (SSSR count). The molecule has 62 valence electrons. The van der Waals surface area contributed by atoms with Crippen LogP contribution in [0.2, 0.25) is 0 Å². The highest BCUT2D eigenvalue weighted by molar-refractivity contribution is 4.99. The van der Waals surface area contributed by atoms with E-state index in [4.69, 9.17) is 0 Å². The number of hydrogen-bond acceptors (Lipinski definition) is 1. The van der Waals surface area contributed by atoms with Crippen molar-refractivity contribution in [2.24, 2.45) is 0 Å². The number of aryl methyl sites for hydroxylation is 1. The van der Waals surface area contributed by atoms with Gasteiger partial charge in [-0.15, -0.1) is 13.2 Å². The van der Waals surface area contributed by atoms with Gasteiger partial charge < -0.3 is 4.74 Å². The molecule has 0 aliphatic rings. The summed E-state index contributed by atoms with van der Waals surface area (Å²) < 4.78 is 38.0. The number of nitrogens with one attached hydrogen (secondary N) is 2. The van der Waals surface area contributed by atoms with E-state index in [2.05, 4.69) is 14.7 Å². The first kappa shape index (κ1) is 7.90. The fourth-order valence-electron chi connectivity index (χ4n) is 0.610. The van der Waals surface area contributed by atoms with E-state index in [1.165, 1.54) is 0 Å². The average Bonchev–Trinajstić information content (AvgIpc) is 2.10. The molecular formula is C5H6F3N2O+. The predicted molar refractivity (Wildman–Crippen MR) is 28.8 cm³/mol. The molecule has 0 radical (unpaired) electrons. The summed E-state index contributed by atoms with van der Waals surface area (Å²) in [6, 6.07) is 0. The zero-order chi connectivity index (χ0) is 8.48. The van der Waals surface area contributed by atoms with Crippen molar-refractivity contribution in [3.8, 4) is 5.88 Å². The topological polar surface area (TPSA) is 39.2 Å². The smallest absolute Gasteiger partial charge is 0.367 e. The molecule has 2 N–H and O–H groups in total. The van der Waals surface area contributed by atoms with E-state index in [9.17, 15) is 13.2 Å². The lowest BCUT2D eigenvalue weighted by Gasteiger charge is -2.01. The molecule has 1 heterocycles. The molecule has 6 heteroatoms. The highest BCUT2D eigenvalue weighted by atomic mass is 19.4. The summed E-state index contributed by atoms with van der Waals surface area (Å²) in [6.45, 7) is 1.59. The Bertz CT molecular complexity index is 242. The number of H-pyrrole nitrogens is 2. The molecule has 0 atom stereocenters. The first-order valence-electron chi connectivity index (χ1n) is 2.80. The third-order valence-corrected chi connectivity index (χ3v) is 0.956. The maximum Gasteiger partial charge on any atom is 0.575 e. The zero-order valence-corrected chi connectivity index (χ0v) is 5.62. The summed E-state index contributed by atoms with van der Waals surface area (Å²) in [7, 11) is 0. The molecule has 0 bridgehead atoms. The van der Waals surface area contributed by atoms with E-state index in [-0.39, 0.29) is 5.88 Å². The summed E-state index contributed by atoms with van der Waals surface area (Å²) >= 11 is 0. The Kier molecular flexibility index (Phi) is 1.76. The van der Waals surface area contributed by atoms with Gasteiger partial charge in [0, 0.05) is 6.92 Å². The predicted octanol–water partition coefficient (Wildman–Crippen LogP) is 1.04. The molecule has 0 aromatic carbocycles. The van der Waals surface area contributed by atoms with E-state index in [0.717, 1.165) is 6.20 Å². The molecule has 1 aromatic rings. The first-order chi connectivity index (χ1) is 4.97. The van der Waals surface area contributed by atoms with E-state index in [0.29, 0.717) is 5.82 Å². The van der Waals surface area contributed by atoms with Crippen molar-refractivity contribution < 1.29 is 22.9 Å². The molecule has 3 nitrogen and oxygen atoms in total. The number of rotatable bonds is 1. The van der Waals surface area contributed by atoms with Gasteiger partial charge >= 0.3 is 12.2 Å². The van der Waals surface area contributed by atoms with Gasteiger partial charge in [-0.2, -0.15) is 0 Å². The van der Waals surface area contributed by atoms with Crippen molar-refractivity contribution >= 4 is 0 Å². The Morgan fingerprint density at radius 3 is 2.55 bits per heavy atom. The number of imidazole rings is 1. The molecule has 0 saturated heterocycles. The fourth-order valence-corrected chi connectivity index (χ4v) is 0.610. The third-order valence-electron chi connectivity index (χ3n) is 0.956. The Balaban J connectivity index is 2.65. The second-order valence-electron chi connectivity index (χ2n) is 1.95. The number of alkyl halides is 3. The summed E-state index contributed by atoms with van der Waals surface area (Å²) in [5, 5.41) is 0. The average molecular weight is 167 g/mol. The minimum atomic E-state index is -4.63. The van der Waals surface area contributed by atoms with Crippen LogP contribution in [-0.2, 0) is 0 Å². The lowest BCUT2D eigenvalue weighted by atomic mass is 10.8. The van der Waals surface area contributed by atoms with Crippen molar-refractivity contribution in [1.29, 1.82) is 0 Å². The van der Waals surface area contributed by atoms with Crippen LogP contribution in [0.1, 0.15) is 5.82 Å². The van der Waals surface area contributed by atoms with Gasteiger partial charge in [0.1, 0.15) is 0 Å². The SMILES string of the molecule is Cc1[nH]c(OC(F)(F)F)c[nH+]1. The van der Waals surface area contributed by atoms with Gasteiger partial charge in [0.2, 0.25) is 0 Å². The third kappa shape index (κ3) is 2.48. The summed E-state index contributed by atoms with van der Waals surface area (Å²) in [5.41, 5.74) is 0. The van der Waals surface area contributed by atoms with Crippen molar-refractivity contribution in [2.45, 2.75) is 13.3 Å². The number of aromatic amines is 2. The van der Waals surface area contributed by atoms with E-state index in [1.54, 1.807) is 6.92 Å². The first-order valence-corrected chi connectivity index (χ1v) is 2.80. The molecule has 0 unspecified atom stereocenters. The minimum absolute atomic E-state index is 0.338. The van der Waals surface area contributed by atoms with E-state index < -0.39 is 6.36 Å². The minimum Gasteiger partial charge on any atom is -0.367 e. The van der Waals surface area contributed by atoms with Crippen molar-refractivity contribution in [2.75, 3.05) is 0 Å². The quantitative estimate of drug-likeness (QED) is 0.666. The Morgan fingerprint density at radius 2 is 2.18 bits per heavy atom. The van der Waals surface area contributed by atoms with E-state index >= 15 is 0 Å². The largest absolute Gasteiger partial charge is 0.575 e. The molecular weight excluding hydrogens is 161 g/mol. The van der Waals surface area contributed by atoms with Crippen molar-refractivity contribution in [1.82, 2.24) is 4.98 Å². The molecule has 0 saturated carbocycles. The van der Waals surface area contributed by atoms with Crippen LogP contribution in [0.15, 0.2) is 6.20 Å². The number of ether oxygens (including phenoxy) is 1. The second kappa shape index (κ2) is 2.44. The molecule has 0 aliphatic heterocycles. The van der Waals surface area contributed by atoms with Gasteiger partial charge in [0.05, 0.1) is 0 Å². The highest BCUT2D eigenvalue weighted by Gasteiger charge is 2.33. The normalized spacial score (nSPS) is 11.6. The molecule has 0 aliphatic carbocycles. The lowest BCUT2D eigenvalue weighted by Crippen LogP contribution is -2.17. The number of hydrogen-bond donors (Lipinski definition) is 1. The summed E-state index contributed by atoms with van der Waals surface area (Å²) in [6.07, 6.45) is -3.53. The van der Waals surface area contributed by atoms with Crippen molar-refractivity contribution in [3.63, 3.8) is 0 Å². The van der Waals surface area contributed by atoms with Gasteiger partial charge in [0.15, 0.2) is 6.20 Å². The van der Waals surface area contributed by atoms with Crippen LogP contribution >= 0.6 is 0 Å². The Morgan fingerprint density at radius 1 is 1.55 bits per heavy atom. The molecule has 1 aromatic heterocycles. The van der Waals surface area contributed by atoms with E-state index in [1.807, 2.05) is 0 Å². The van der Waals surface area contributed by atoms with Crippen LogP contribution in [0.4, 0.5) is 13.2 Å². The van der Waals surface area contributed by atoms with Crippen LogP contribution in [0.5, 0.6) is 5.88 Å². The van der Waals surface area contributed by atoms with Crippen LogP contribution in [0.25, 0.3) is 0 Å². The van der Waals surface area contributed by atoms with Gasteiger partial charge in [-0.1, -0.05) is 0 Å². The van der Waals surface area contributed by atoms with Crippen molar-refractivity contribution in [3.05, 3.63) is 12.0 Å². The maximum absolute atomic E-state index is 11.5. The van der Waals surface area contributed by atoms with Gasteiger partial charge in [0.25, 0.3) is 5.82 Å². The Labute approximate surface area is 60.2 Å². The van der Waals surface area contributed by atoms with Gasteiger partial charge in [-0.05, 0) is 0 Å². The second-order valence-corrected chi connectivity index (χ2v) is 1.95. The number of aromatic nitrogens is 2. The standard InChI is InChI=1S/C5H5F3N2O/c1-3-9-2-4(10-3)11-5(6,7)8/h2H,1H3,(H,9,10)/p+1. The maximum atomic E-state index is 11.5. The molecule has 0 spiro atoms. The van der Waals surface area contributed by atoms with Gasteiger partial charge in [-0.25, -0.2) is 9.97 Å². The van der Waals surface area contributed by atoms with Crippen LogP contribution in [0.3, 0.4) is 0 Å². The fraction of sp³-hybridized carbons (Fsp3) is 0.400. The van der Waals surface area contributed by atoms with Crippen LogP contribution in [0, 0.1) is 6.92 Å². The molecule has 0 fully saturated rings. The van der Waals surface area contributed by atoms with Crippen LogP contribution in [-0.4, -0.2) is 11.3 Å². The molecule has 11 heavy (non-hydrogen) atoms. The lowest BCUT2D eigenvalue weighted by molar-refractivity contribution is -0.387. The monoisotopic (exact) mass is 167 g/mol. The highest BCUT2D eigenvalue weighted by Crippen LogP contribution is 2.19. The summed E-state index contributed by atoms with van der Waals surface area (Å²) in [5.74, 6) is 0.166.